The third kappa shape index (κ3) is 15.6. The van der Waals surface area contributed by atoms with Crippen LogP contribution in [0.25, 0.3) is 0 Å². The van der Waals surface area contributed by atoms with Gasteiger partial charge in [0.15, 0.2) is 0 Å². The Morgan fingerprint density at radius 1 is 0.722 bits per heavy atom. The van der Waals surface area contributed by atoms with E-state index < -0.39 is 44.6 Å². The van der Waals surface area contributed by atoms with Crippen molar-refractivity contribution in [1.29, 1.82) is 0 Å². The molecule has 0 aromatic rings. The Bertz CT molecular complexity index is 168. The Balaban J connectivity index is 3.19. The quantitative estimate of drug-likeness (QED) is 0.346. The van der Waals surface area contributed by atoms with Gasteiger partial charge in [0, 0.05) is 0 Å². The van der Waals surface area contributed by atoms with Crippen LogP contribution in [0.15, 0.2) is 0 Å². The van der Waals surface area contributed by atoms with Gasteiger partial charge in [-0.1, -0.05) is 0 Å². The second-order valence-corrected chi connectivity index (χ2v) is 17.9. The number of rotatable bonds is 12. The van der Waals surface area contributed by atoms with Gasteiger partial charge >= 0.3 is 128 Å². The second kappa shape index (κ2) is 13.5. The summed E-state index contributed by atoms with van der Waals surface area (Å²) >= 11 is -2.50. The van der Waals surface area contributed by atoms with Gasteiger partial charge in [-0.15, -0.1) is 0 Å². The van der Waals surface area contributed by atoms with Crippen LogP contribution < -0.4 is 10.6 Å². The first-order valence-electron chi connectivity index (χ1n) is 6.23. The predicted molar refractivity (Wildman–Crippen MR) is 84.2 cm³/mol. The molecule has 0 aliphatic carbocycles. The Labute approximate surface area is 127 Å². The number of hydrogen-bond donors (Lipinski definition) is 2. The molecule has 0 aliphatic heterocycles. The van der Waals surface area contributed by atoms with Gasteiger partial charge in [0.05, 0.1) is 0 Å². The summed E-state index contributed by atoms with van der Waals surface area (Å²) < 4.78 is 11.4. The molecule has 0 saturated heterocycles. The average Bonchev–Trinajstić information content (AvgIpc) is 2.27. The Kier molecular flexibility index (Phi) is 14.6. The molecular weight excluding hydrogens is 417 g/mol. The maximum atomic E-state index is 5.71. The standard InChI is InChI=1S/C11H29As3N2O2/c1-12(2)10-15-6-8-17-14(5)18-9-7-16-11-13(3)4/h15-16H,6-11H2,1-5H3. The van der Waals surface area contributed by atoms with Crippen LogP contribution in [0.3, 0.4) is 0 Å². The Hall–Kier alpha value is 1.52. The van der Waals surface area contributed by atoms with E-state index in [0.717, 1.165) is 26.3 Å². The third-order valence-corrected chi connectivity index (χ3v) is 7.84. The summed E-state index contributed by atoms with van der Waals surface area (Å²) in [6.45, 7) is 3.52. The summed E-state index contributed by atoms with van der Waals surface area (Å²) in [4.78, 5) is 0. The fourth-order valence-electron chi connectivity index (χ4n) is 1.14. The minimum atomic E-state index is -1.46. The van der Waals surface area contributed by atoms with Crippen molar-refractivity contribution in [2.75, 3.05) is 37.0 Å². The van der Waals surface area contributed by atoms with Crippen molar-refractivity contribution in [3.8, 4) is 0 Å². The summed E-state index contributed by atoms with van der Waals surface area (Å²) in [5.41, 5.74) is 11.5. The van der Waals surface area contributed by atoms with Gasteiger partial charge < -0.3 is 0 Å². The van der Waals surface area contributed by atoms with Crippen LogP contribution >= 0.6 is 0 Å². The van der Waals surface area contributed by atoms with E-state index in [-0.39, 0.29) is 0 Å². The van der Waals surface area contributed by atoms with E-state index in [9.17, 15) is 0 Å². The topological polar surface area (TPSA) is 42.5 Å². The summed E-state index contributed by atoms with van der Waals surface area (Å²) in [6.07, 6.45) is 0. The van der Waals surface area contributed by atoms with E-state index in [0.29, 0.717) is 0 Å². The molecule has 0 saturated carbocycles. The monoisotopic (exact) mass is 446 g/mol. The molecule has 0 fully saturated rings. The van der Waals surface area contributed by atoms with E-state index in [1.54, 1.807) is 0 Å². The molecule has 0 aromatic carbocycles. The zero-order valence-corrected chi connectivity index (χ0v) is 18.0. The van der Waals surface area contributed by atoms with Crippen LogP contribution in [-0.4, -0.2) is 81.6 Å². The first-order chi connectivity index (χ1) is 8.52. The molecule has 0 bridgehead atoms. The first-order valence-corrected chi connectivity index (χ1v) is 19.8. The molecule has 4 nitrogen and oxygen atoms in total. The van der Waals surface area contributed by atoms with Crippen LogP contribution in [0.4, 0.5) is 0 Å². The fourth-order valence-corrected chi connectivity index (χ4v) is 5.29. The van der Waals surface area contributed by atoms with Crippen molar-refractivity contribution in [2.24, 2.45) is 0 Å². The van der Waals surface area contributed by atoms with E-state index >= 15 is 0 Å². The van der Waals surface area contributed by atoms with Crippen LogP contribution in [0.2, 0.25) is 28.6 Å². The van der Waals surface area contributed by atoms with Gasteiger partial charge in [-0.3, -0.25) is 0 Å². The second-order valence-electron chi connectivity index (χ2n) is 4.58. The fraction of sp³-hybridized carbons (Fsp3) is 1.00. The van der Waals surface area contributed by atoms with Crippen molar-refractivity contribution in [2.45, 2.75) is 28.6 Å². The minimum absolute atomic E-state index is 0.522. The van der Waals surface area contributed by atoms with Crippen molar-refractivity contribution < 1.29 is 7.45 Å². The summed E-state index contributed by atoms with van der Waals surface area (Å²) in [7, 11) is 0. The molecule has 2 N–H and O–H groups in total. The molecular formula is C11H29As3N2O2. The molecule has 0 aromatic heterocycles. The number of hydrogen-bond acceptors (Lipinski definition) is 4. The molecule has 0 radical (unpaired) electrons. The molecule has 0 heterocycles. The van der Waals surface area contributed by atoms with Crippen LogP contribution in [0.1, 0.15) is 0 Å². The van der Waals surface area contributed by atoms with E-state index in [1.807, 2.05) is 0 Å². The number of nitrogens with one attached hydrogen (secondary N) is 2. The van der Waals surface area contributed by atoms with E-state index in [4.69, 9.17) is 7.45 Å². The first kappa shape index (κ1) is 19.5. The van der Waals surface area contributed by atoms with Crippen LogP contribution in [-0.2, 0) is 7.45 Å². The van der Waals surface area contributed by atoms with Gasteiger partial charge in [0.25, 0.3) is 0 Å². The average molecular weight is 446 g/mol. The van der Waals surface area contributed by atoms with Gasteiger partial charge in [-0.25, -0.2) is 0 Å². The SMILES string of the molecule is C[As](C)CNCCO[As](C)OCCNC[As](C)C. The van der Waals surface area contributed by atoms with Crippen LogP contribution in [0, 0.1) is 0 Å². The molecule has 0 atom stereocenters. The molecule has 0 spiro atoms. The predicted octanol–water partition coefficient (Wildman–Crippen LogP) is 0.904. The van der Waals surface area contributed by atoms with Crippen molar-refractivity contribution in [3.05, 3.63) is 0 Å². The van der Waals surface area contributed by atoms with Gasteiger partial charge in [-0.05, 0) is 0 Å². The molecule has 0 amide bonds. The van der Waals surface area contributed by atoms with Gasteiger partial charge in [0.1, 0.15) is 0 Å². The normalized spacial score (nSPS) is 12.0. The molecule has 0 unspecified atom stereocenters. The van der Waals surface area contributed by atoms with Crippen LogP contribution in [0.5, 0.6) is 0 Å². The summed E-state index contributed by atoms with van der Waals surface area (Å²) in [6, 6.07) is 0. The summed E-state index contributed by atoms with van der Waals surface area (Å²) in [5, 5.41) is 9.27. The third-order valence-electron chi connectivity index (χ3n) is 1.96. The van der Waals surface area contributed by atoms with Crippen molar-refractivity contribution in [3.63, 3.8) is 0 Å². The van der Waals surface area contributed by atoms with Crippen molar-refractivity contribution in [1.82, 2.24) is 10.6 Å². The van der Waals surface area contributed by atoms with Gasteiger partial charge in [-0.2, -0.15) is 0 Å². The Morgan fingerprint density at radius 2 is 1.11 bits per heavy atom. The zero-order chi connectivity index (χ0) is 13.8. The van der Waals surface area contributed by atoms with Crippen molar-refractivity contribution >= 4 is 44.6 Å². The molecule has 18 heavy (non-hydrogen) atoms. The Morgan fingerprint density at radius 3 is 1.44 bits per heavy atom. The van der Waals surface area contributed by atoms with E-state index in [2.05, 4.69) is 39.2 Å². The summed E-state index contributed by atoms with van der Waals surface area (Å²) in [5.74, 6) is 0. The zero-order valence-electron chi connectivity index (χ0n) is 12.4. The maximum absolute atomic E-state index is 5.71. The van der Waals surface area contributed by atoms with Gasteiger partial charge in [0.2, 0.25) is 0 Å². The molecule has 0 rings (SSSR count). The van der Waals surface area contributed by atoms with E-state index in [1.165, 1.54) is 10.7 Å². The molecule has 7 heteroatoms. The molecule has 0 aliphatic rings. The molecule has 110 valence electrons.